The van der Waals surface area contributed by atoms with E-state index in [1.54, 1.807) is 0 Å². The van der Waals surface area contributed by atoms with Crippen LogP contribution < -0.4 is 0 Å². The maximum Gasteiger partial charge on any atom is 0.0445 e. The van der Waals surface area contributed by atoms with Gasteiger partial charge in [0.15, 0.2) is 0 Å². The Morgan fingerprint density at radius 1 is 1.44 bits per heavy atom. The van der Waals surface area contributed by atoms with Crippen LogP contribution in [0.4, 0.5) is 0 Å². The predicted octanol–water partition coefficient (Wildman–Crippen LogP) is 0.741. The van der Waals surface area contributed by atoms with Crippen molar-refractivity contribution in [3.63, 3.8) is 0 Å². The largest absolute Gasteiger partial charge is 0.396 e. The highest BCUT2D eigenvalue weighted by Crippen LogP contribution is 1.94. The number of aliphatic hydroxyl groups is 1. The highest BCUT2D eigenvalue weighted by atomic mass is 35.5. The molecule has 1 N–H and O–H groups in total. The quantitative estimate of drug-likeness (QED) is 0.647. The molecule has 0 aliphatic rings. The Kier molecular flexibility index (Phi) is 8.40. The van der Waals surface area contributed by atoms with Gasteiger partial charge >= 0.3 is 0 Å². The zero-order valence-corrected chi connectivity index (χ0v) is 7.11. The van der Waals surface area contributed by atoms with Crippen molar-refractivity contribution in [3.8, 4) is 0 Å². The monoisotopic (exact) mass is 153 g/mol. The zero-order chi connectivity index (χ0) is 6.57. The van der Waals surface area contributed by atoms with Crippen molar-refractivity contribution >= 4 is 12.4 Å². The second-order valence-corrected chi connectivity index (χ2v) is 2.32. The zero-order valence-electron chi connectivity index (χ0n) is 6.29. The van der Waals surface area contributed by atoms with Gasteiger partial charge < -0.3 is 10.0 Å². The van der Waals surface area contributed by atoms with Gasteiger partial charge in [0, 0.05) is 12.6 Å². The second-order valence-electron chi connectivity index (χ2n) is 2.32. The normalized spacial score (nSPS) is 13.0. The third-order valence-corrected chi connectivity index (χ3v) is 1.43. The molecule has 0 aliphatic carbocycles. The number of rotatable bonds is 3. The van der Waals surface area contributed by atoms with E-state index in [-0.39, 0.29) is 12.4 Å². The summed E-state index contributed by atoms with van der Waals surface area (Å²) in [5, 5.41) is 8.46. The van der Waals surface area contributed by atoms with Gasteiger partial charge in [0.25, 0.3) is 0 Å². The lowest BCUT2D eigenvalue weighted by Gasteiger charge is -2.17. The van der Waals surface area contributed by atoms with Crippen molar-refractivity contribution in [3.05, 3.63) is 0 Å². The molecule has 0 radical (unpaired) electrons. The van der Waals surface area contributed by atoms with E-state index in [1.165, 1.54) is 0 Å². The van der Waals surface area contributed by atoms with Crippen LogP contribution in [0.1, 0.15) is 13.3 Å². The molecule has 1 unspecified atom stereocenters. The summed E-state index contributed by atoms with van der Waals surface area (Å²) >= 11 is 0. The third-order valence-electron chi connectivity index (χ3n) is 1.43. The van der Waals surface area contributed by atoms with Crippen molar-refractivity contribution in [2.24, 2.45) is 0 Å². The topological polar surface area (TPSA) is 23.5 Å². The maximum absolute atomic E-state index is 8.46. The van der Waals surface area contributed by atoms with Gasteiger partial charge in [-0.2, -0.15) is 0 Å². The number of nitrogens with zero attached hydrogens (tertiary/aromatic N) is 1. The van der Waals surface area contributed by atoms with E-state index in [4.69, 9.17) is 5.11 Å². The summed E-state index contributed by atoms with van der Waals surface area (Å²) < 4.78 is 0. The first-order valence-electron chi connectivity index (χ1n) is 2.95. The minimum Gasteiger partial charge on any atom is -0.396 e. The lowest BCUT2D eigenvalue weighted by molar-refractivity contribution is 0.220. The van der Waals surface area contributed by atoms with Crippen molar-refractivity contribution in [2.75, 3.05) is 20.7 Å². The van der Waals surface area contributed by atoms with E-state index in [9.17, 15) is 0 Å². The first-order valence-corrected chi connectivity index (χ1v) is 2.95. The van der Waals surface area contributed by atoms with E-state index >= 15 is 0 Å². The van der Waals surface area contributed by atoms with Gasteiger partial charge in [0.05, 0.1) is 0 Å². The lowest BCUT2D eigenvalue weighted by atomic mass is 10.2. The molecule has 0 amide bonds. The summed E-state index contributed by atoms with van der Waals surface area (Å²) in [5.41, 5.74) is 0. The summed E-state index contributed by atoms with van der Waals surface area (Å²) in [7, 11) is 4.03. The summed E-state index contributed by atoms with van der Waals surface area (Å²) in [6, 6.07) is 0.500. The molecule has 0 saturated carbocycles. The molecule has 58 valence electrons. The van der Waals surface area contributed by atoms with E-state index in [0.717, 1.165) is 6.42 Å². The highest BCUT2D eigenvalue weighted by Gasteiger charge is 2.00. The Morgan fingerprint density at radius 2 is 1.89 bits per heavy atom. The highest BCUT2D eigenvalue weighted by molar-refractivity contribution is 5.85. The van der Waals surface area contributed by atoms with Crippen LogP contribution in [0.3, 0.4) is 0 Å². The lowest BCUT2D eigenvalue weighted by Crippen LogP contribution is -2.25. The van der Waals surface area contributed by atoms with Crippen molar-refractivity contribution in [1.29, 1.82) is 0 Å². The molecule has 0 fully saturated rings. The molecular formula is C6H16ClNO. The number of hydrogen-bond acceptors (Lipinski definition) is 2. The van der Waals surface area contributed by atoms with Crippen molar-refractivity contribution in [1.82, 2.24) is 4.90 Å². The van der Waals surface area contributed by atoms with Crippen LogP contribution in [0.5, 0.6) is 0 Å². The Hall–Kier alpha value is 0.210. The number of hydrogen-bond donors (Lipinski definition) is 1. The molecule has 0 aromatic carbocycles. The van der Waals surface area contributed by atoms with Gasteiger partial charge in [-0.25, -0.2) is 0 Å². The van der Waals surface area contributed by atoms with Gasteiger partial charge in [0.1, 0.15) is 0 Å². The molecule has 9 heavy (non-hydrogen) atoms. The smallest absolute Gasteiger partial charge is 0.0445 e. The summed E-state index contributed by atoms with van der Waals surface area (Å²) in [5.74, 6) is 0. The average Bonchev–Trinajstić information content (AvgIpc) is 1.67. The van der Waals surface area contributed by atoms with E-state index in [1.807, 2.05) is 14.1 Å². The molecule has 0 bridgehead atoms. The van der Waals surface area contributed by atoms with Crippen molar-refractivity contribution < 1.29 is 5.11 Å². The standard InChI is InChI=1S/C6H15NO.ClH/c1-6(4-5-8)7(2)3;/h6,8H,4-5H2,1-3H3;1H. The van der Waals surface area contributed by atoms with Crippen LogP contribution in [0.15, 0.2) is 0 Å². The summed E-state index contributed by atoms with van der Waals surface area (Å²) in [6.07, 6.45) is 0.868. The minimum absolute atomic E-state index is 0. The first kappa shape index (κ1) is 11.9. The third kappa shape index (κ3) is 6.09. The van der Waals surface area contributed by atoms with Crippen LogP contribution in [0.25, 0.3) is 0 Å². The van der Waals surface area contributed by atoms with Gasteiger partial charge in [-0.3, -0.25) is 0 Å². The van der Waals surface area contributed by atoms with Gasteiger partial charge in [-0.05, 0) is 27.4 Å². The number of aliphatic hydroxyl groups excluding tert-OH is 1. The molecule has 0 heterocycles. The fourth-order valence-corrected chi connectivity index (χ4v) is 0.445. The van der Waals surface area contributed by atoms with Gasteiger partial charge in [-0.1, -0.05) is 0 Å². The van der Waals surface area contributed by atoms with Crippen LogP contribution >= 0.6 is 12.4 Å². The molecule has 0 aromatic rings. The molecule has 0 rings (SSSR count). The molecule has 1 atom stereocenters. The molecular weight excluding hydrogens is 138 g/mol. The first-order chi connectivity index (χ1) is 3.68. The maximum atomic E-state index is 8.46. The molecule has 0 saturated heterocycles. The Balaban J connectivity index is 0. The Labute approximate surface area is 63.3 Å². The van der Waals surface area contributed by atoms with Crippen LogP contribution in [0, 0.1) is 0 Å². The molecule has 3 heteroatoms. The SMILES string of the molecule is CC(CCO)N(C)C.Cl. The molecule has 0 spiro atoms. The fourth-order valence-electron chi connectivity index (χ4n) is 0.445. The van der Waals surface area contributed by atoms with Gasteiger partial charge in [-0.15, -0.1) is 12.4 Å². The molecule has 0 aliphatic heterocycles. The van der Waals surface area contributed by atoms with Crippen LogP contribution in [-0.2, 0) is 0 Å². The fraction of sp³-hybridized carbons (Fsp3) is 1.00. The minimum atomic E-state index is 0. The summed E-state index contributed by atoms with van der Waals surface area (Å²) in [4.78, 5) is 2.09. The summed E-state index contributed by atoms with van der Waals surface area (Å²) in [6.45, 7) is 2.38. The average molecular weight is 154 g/mol. The van der Waals surface area contributed by atoms with Crippen LogP contribution in [0.2, 0.25) is 0 Å². The molecule has 2 nitrogen and oxygen atoms in total. The predicted molar refractivity (Wildman–Crippen MR) is 42.1 cm³/mol. The van der Waals surface area contributed by atoms with E-state index < -0.39 is 0 Å². The van der Waals surface area contributed by atoms with Crippen molar-refractivity contribution in [2.45, 2.75) is 19.4 Å². The van der Waals surface area contributed by atoms with E-state index in [0.29, 0.717) is 12.6 Å². The number of halogens is 1. The second kappa shape index (κ2) is 6.33. The van der Waals surface area contributed by atoms with Crippen LogP contribution in [-0.4, -0.2) is 36.8 Å². The Bertz CT molecular complexity index is 59.0. The van der Waals surface area contributed by atoms with Gasteiger partial charge in [0.2, 0.25) is 0 Å². The Morgan fingerprint density at radius 3 is 2.00 bits per heavy atom. The van der Waals surface area contributed by atoms with E-state index in [2.05, 4.69) is 11.8 Å². The molecule has 0 aromatic heterocycles.